The quantitative estimate of drug-likeness (QED) is 0.262. The Bertz CT molecular complexity index is 1130. The molecule has 3 aromatic heterocycles. The molecule has 0 saturated heterocycles. The summed E-state index contributed by atoms with van der Waals surface area (Å²) in [7, 11) is 0. The van der Waals surface area contributed by atoms with Gasteiger partial charge >= 0.3 is 11.7 Å². The molecule has 1 amide bonds. The molecule has 5 N–H and O–H groups in total. The van der Waals surface area contributed by atoms with Gasteiger partial charge < -0.3 is 42.5 Å². The minimum absolute atomic E-state index is 0. The molecule has 0 aromatic carbocycles. The zero-order chi connectivity index (χ0) is 23.3. The van der Waals surface area contributed by atoms with E-state index in [9.17, 15) is 22.4 Å². The molecular weight excluding hydrogens is 556 g/mol. The number of halogens is 8. The highest BCUT2D eigenvalue weighted by atomic mass is 35.5. The number of hydrogen-bond acceptors (Lipinski definition) is 2. The number of carbonyl (C=O) groups is 1. The number of nitrogens with one attached hydrogen (secondary N) is 5. The summed E-state index contributed by atoms with van der Waals surface area (Å²) in [5, 5.41) is 4.71. The van der Waals surface area contributed by atoms with Crippen molar-refractivity contribution in [2.24, 2.45) is 0 Å². The normalized spacial score (nSPS) is 10.3. The van der Waals surface area contributed by atoms with Crippen LogP contribution in [0.25, 0.3) is 0 Å². The minimum atomic E-state index is -3.31. The highest BCUT2D eigenvalue weighted by Gasteiger charge is 2.40. The second-order valence-corrected chi connectivity index (χ2v) is 7.45. The molecule has 3 heterocycles. The Kier molecular flexibility index (Phi) is 13.3. The maximum absolute atomic E-state index is 14.9. The first kappa shape index (κ1) is 32.6. The van der Waals surface area contributed by atoms with Gasteiger partial charge in [-0.25, -0.2) is 15.0 Å². The molecule has 0 atom stereocenters. The highest BCUT2D eigenvalue weighted by molar-refractivity contribution is 6.31. The number of H-pyrrole nitrogens is 3. The fourth-order valence-corrected chi connectivity index (χ4v) is 3.13. The lowest BCUT2D eigenvalue weighted by molar-refractivity contribution is -0.412. The number of pyridine rings is 3. The summed E-state index contributed by atoms with van der Waals surface area (Å²) < 4.78 is 57.6. The van der Waals surface area contributed by atoms with E-state index in [1.165, 1.54) is 30.7 Å². The zero-order valence-corrected chi connectivity index (χ0v) is 21.1. The second kappa shape index (κ2) is 14.2. The molecule has 0 aliphatic rings. The Morgan fingerprint density at radius 2 is 1.74 bits per heavy atom. The van der Waals surface area contributed by atoms with Crippen molar-refractivity contribution in [3.63, 3.8) is 0 Å². The van der Waals surface area contributed by atoms with Crippen molar-refractivity contribution in [2.75, 3.05) is 11.9 Å². The average Bonchev–Trinajstić information content (AvgIpc) is 2.77. The number of amides is 1. The van der Waals surface area contributed by atoms with E-state index in [2.05, 4.69) is 25.6 Å². The van der Waals surface area contributed by atoms with Gasteiger partial charge in [-0.2, -0.15) is 17.6 Å². The topological polar surface area (TPSA) is 83.5 Å². The molecule has 0 unspecified atom stereocenters. The molecule has 14 heteroatoms. The Morgan fingerprint density at radius 1 is 1.03 bits per heavy atom. The Morgan fingerprint density at radius 3 is 2.40 bits per heavy atom. The fourth-order valence-electron chi connectivity index (χ4n) is 2.93. The summed E-state index contributed by atoms with van der Waals surface area (Å²) >= 11 is 6.00. The zero-order valence-electron chi connectivity index (χ0n) is 18.1. The van der Waals surface area contributed by atoms with Gasteiger partial charge in [0.25, 0.3) is 5.69 Å². The number of alkyl halides is 2. The van der Waals surface area contributed by atoms with E-state index in [0.717, 1.165) is 0 Å². The summed E-state index contributed by atoms with van der Waals surface area (Å²) in [5.74, 6) is -5.73. The number of rotatable bonds is 8. The number of aromatic amines is 3. The van der Waals surface area contributed by atoms with Crippen molar-refractivity contribution in [3.05, 3.63) is 82.0 Å². The second-order valence-electron chi connectivity index (χ2n) is 7.05. The van der Waals surface area contributed by atoms with Crippen LogP contribution in [0.5, 0.6) is 0 Å². The third kappa shape index (κ3) is 8.34. The van der Waals surface area contributed by atoms with Crippen molar-refractivity contribution in [1.82, 2.24) is 5.32 Å². The van der Waals surface area contributed by atoms with Crippen molar-refractivity contribution in [2.45, 2.75) is 25.8 Å². The first-order valence-corrected chi connectivity index (χ1v) is 9.96. The van der Waals surface area contributed by atoms with Gasteiger partial charge in [-0.3, -0.25) is 10.1 Å². The molecule has 0 saturated carbocycles. The van der Waals surface area contributed by atoms with Gasteiger partial charge in [0.1, 0.15) is 12.7 Å². The molecule has 0 spiro atoms. The van der Waals surface area contributed by atoms with Crippen molar-refractivity contribution >= 4 is 23.3 Å². The Labute approximate surface area is 222 Å². The maximum Gasteiger partial charge on any atom is 0.365 e. The SMILES string of the molecule is Cc1cc[nH+]c(CNC(=O)Cc2c(Cl)c[nH+]c(NCC(F)(F)c3cccc[nH+]3)c2F)c1F.[Cl-].[Cl-].[Cl-]. The van der Waals surface area contributed by atoms with Crippen LogP contribution in [-0.4, -0.2) is 12.5 Å². The van der Waals surface area contributed by atoms with Crippen LogP contribution < -0.4 is 62.8 Å². The van der Waals surface area contributed by atoms with Crippen molar-refractivity contribution in [1.29, 1.82) is 0 Å². The van der Waals surface area contributed by atoms with E-state index in [4.69, 9.17) is 11.6 Å². The molecular formula is C21H21Cl4F4N5O. The van der Waals surface area contributed by atoms with Crippen molar-refractivity contribution < 1.29 is 74.5 Å². The van der Waals surface area contributed by atoms with E-state index < -0.39 is 36.4 Å². The van der Waals surface area contributed by atoms with Gasteiger partial charge in [-0.1, -0.05) is 11.6 Å². The predicted octanol–water partition coefficient (Wildman–Crippen LogP) is -6.56. The Balaban J connectivity index is 0.00000385. The summed E-state index contributed by atoms with van der Waals surface area (Å²) in [5.41, 5.74) is 0.0327. The summed E-state index contributed by atoms with van der Waals surface area (Å²) in [6.45, 7) is 0.532. The van der Waals surface area contributed by atoms with Gasteiger partial charge in [0, 0.05) is 23.8 Å². The van der Waals surface area contributed by atoms with E-state index in [0.29, 0.717) is 5.56 Å². The highest BCUT2D eigenvalue weighted by Crippen LogP contribution is 2.26. The van der Waals surface area contributed by atoms with Gasteiger partial charge in [0.15, 0.2) is 24.8 Å². The van der Waals surface area contributed by atoms with Gasteiger partial charge in [0.2, 0.25) is 17.4 Å². The predicted molar refractivity (Wildman–Crippen MR) is 107 cm³/mol. The molecule has 35 heavy (non-hydrogen) atoms. The molecule has 3 rings (SSSR count). The van der Waals surface area contributed by atoms with Crippen LogP contribution in [0.1, 0.15) is 22.5 Å². The number of aromatic nitrogens is 3. The lowest BCUT2D eigenvalue weighted by Gasteiger charge is -2.11. The lowest BCUT2D eigenvalue weighted by Crippen LogP contribution is -3.00. The molecule has 0 aliphatic carbocycles. The fraction of sp³-hybridized carbons (Fsp3) is 0.238. The smallest absolute Gasteiger partial charge is 0.365 e. The molecule has 6 nitrogen and oxygen atoms in total. The van der Waals surface area contributed by atoms with Crippen molar-refractivity contribution in [3.8, 4) is 0 Å². The van der Waals surface area contributed by atoms with Crippen LogP contribution >= 0.6 is 11.6 Å². The van der Waals surface area contributed by atoms with Crippen LogP contribution in [0.15, 0.2) is 42.9 Å². The molecule has 3 aromatic rings. The summed E-state index contributed by atoms with van der Waals surface area (Å²) in [4.78, 5) is 19.9. The van der Waals surface area contributed by atoms with Crippen LogP contribution in [0, 0.1) is 18.6 Å². The monoisotopic (exact) mass is 575 g/mol. The molecule has 0 fully saturated rings. The number of anilines is 1. The largest absolute Gasteiger partial charge is 1.00 e. The number of aryl methyl sites for hydroxylation is 1. The first-order chi connectivity index (χ1) is 15.2. The molecule has 0 radical (unpaired) electrons. The van der Waals surface area contributed by atoms with Crippen LogP contribution in [0.4, 0.5) is 23.4 Å². The average molecular weight is 577 g/mol. The lowest BCUT2D eigenvalue weighted by atomic mass is 10.1. The standard InChI is InChI=1S/C21H18ClF4N5O.3ClH/c1-12-5-7-27-15(18(12)23)10-29-17(32)8-13-14(22)9-30-20(19(13)24)31-11-21(25,26)16-4-2-3-6-28-16;;;/h2-7,9H,8,10-11H2,1H3,(H,29,32)(H,30,31);3*1H. The van der Waals surface area contributed by atoms with Gasteiger partial charge in [-0.15, -0.1) is 0 Å². The van der Waals surface area contributed by atoms with E-state index in [1.54, 1.807) is 19.1 Å². The van der Waals surface area contributed by atoms with Gasteiger partial charge in [-0.05, 0) is 18.6 Å². The summed E-state index contributed by atoms with van der Waals surface area (Å²) in [6, 6.07) is 5.77. The van der Waals surface area contributed by atoms with E-state index >= 15 is 0 Å². The van der Waals surface area contributed by atoms with E-state index in [1.807, 2.05) is 0 Å². The molecule has 192 valence electrons. The summed E-state index contributed by atoms with van der Waals surface area (Å²) in [6.07, 6.45) is 3.61. The maximum atomic E-state index is 14.9. The third-order valence-electron chi connectivity index (χ3n) is 4.71. The number of carbonyl (C=O) groups excluding carboxylic acids is 1. The number of hydrogen-bond donors (Lipinski definition) is 2. The first-order valence-electron chi connectivity index (χ1n) is 9.59. The van der Waals surface area contributed by atoms with E-state index in [-0.39, 0.29) is 71.6 Å². The van der Waals surface area contributed by atoms with Gasteiger partial charge in [0.05, 0.1) is 11.4 Å². The van der Waals surface area contributed by atoms with Crippen LogP contribution in [0.3, 0.4) is 0 Å². The van der Waals surface area contributed by atoms with Crippen LogP contribution in [-0.2, 0) is 23.7 Å². The third-order valence-corrected chi connectivity index (χ3v) is 5.05. The minimum Gasteiger partial charge on any atom is -1.00 e. The molecule has 0 bridgehead atoms. The van der Waals surface area contributed by atoms with Crippen LogP contribution in [0.2, 0.25) is 5.02 Å². The molecule has 0 aliphatic heterocycles. The Hall–Kier alpha value is -2.40.